The van der Waals surface area contributed by atoms with Crippen LogP contribution in [0.15, 0.2) is 12.3 Å². The first-order valence-electron chi connectivity index (χ1n) is 7.20. The molecule has 0 saturated heterocycles. The van der Waals surface area contributed by atoms with Crippen LogP contribution >= 0.6 is 0 Å². The van der Waals surface area contributed by atoms with Crippen molar-refractivity contribution in [1.82, 2.24) is 9.78 Å². The molecule has 0 saturated carbocycles. The van der Waals surface area contributed by atoms with E-state index in [1.54, 1.807) is 0 Å². The number of hydrogen-bond donors (Lipinski definition) is 1. The van der Waals surface area contributed by atoms with Gasteiger partial charge in [0.15, 0.2) is 0 Å². The van der Waals surface area contributed by atoms with Crippen LogP contribution in [0.5, 0.6) is 0 Å². The van der Waals surface area contributed by atoms with E-state index in [1.807, 2.05) is 23.9 Å². The summed E-state index contributed by atoms with van der Waals surface area (Å²) in [7, 11) is 0. The first kappa shape index (κ1) is 15.2. The maximum atomic E-state index is 10.4. The molecule has 3 nitrogen and oxygen atoms in total. The van der Waals surface area contributed by atoms with E-state index >= 15 is 0 Å². The Balaban J connectivity index is 2.75. The summed E-state index contributed by atoms with van der Waals surface area (Å²) >= 11 is 0. The Morgan fingerprint density at radius 3 is 2.39 bits per heavy atom. The highest BCUT2D eigenvalue weighted by Crippen LogP contribution is 2.24. The molecule has 2 atom stereocenters. The van der Waals surface area contributed by atoms with Gasteiger partial charge in [-0.15, -0.1) is 0 Å². The fourth-order valence-electron chi connectivity index (χ4n) is 2.32. The van der Waals surface area contributed by atoms with Crippen molar-refractivity contribution in [3.8, 4) is 0 Å². The summed E-state index contributed by atoms with van der Waals surface area (Å²) in [5.74, 6) is 0.288. The highest BCUT2D eigenvalue weighted by Gasteiger charge is 2.28. The molecule has 1 rings (SSSR count). The quantitative estimate of drug-likeness (QED) is 0.805. The molecule has 0 aliphatic heterocycles. The zero-order valence-electron chi connectivity index (χ0n) is 12.5. The number of aliphatic hydroxyl groups is 1. The molecule has 2 unspecified atom stereocenters. The number of aromatic nitrogens is 2. The molecule has 0 aliphatic carbocycles. The molecular weight excluding hydrogens is 224 g/mol. The minimum Gasteiger partial charge on any atom is -0.389 e. The molecule has 0 fully saturated rings. The number of hydrogen-bond acceptors (Lipinski definition) is 2. The fourth-order valence-corrected chi connectivity index (χ4v) is 2.32. The molecule has 1 heterocycles. The second-order valence-electron chi connectivity index (χ2n) is 5.60. The van der Waals surface area contributed by atoms with Crippen LogP contribution in [-0.2, 0) is 6.42 Å². The van der Waals surface area contributed by atoms with Gasteiger partial charge in [0, 0.05) is 12.6 Å². The SMILES string of the molecule is CCC(CC)n1ccc(CC(C)(O)C(C)CC)n1. The first-order valence-corrected chi connectivity index (χ1v) is 7.20. The average molecular weight is 252 g/mol. The molecule has 18 heavy (non-hydrogen) atoms. The predicted octanol–water partition coefficient (Wildman–Crippen LogP) is 3.58. The van der Waals surface area contributed by atoms with E-state index in [2.05, 4.69) is 32.8 Å². The van der Waals surface area contributed by atoms with E-state index in [9.17, 15) is 5.11 Å². The highest BCUT2D eigenvalue weighted by molar-refractivity contribution is 5.04. The topological polar surface area (TPSA) is 38.0 Å². The molecule has 1 aromatic heterocycles. The molecule has 0 aromatic carbocycles. The summed E-state index contributed by atoms with van der Waals surface area (Å²) in [6.45, 7) is 10.5. The van der Waals surface area contributed by atoms with Gasteiger partial charge in [0.2, 0.25) is 0 Å². The highest BCUT2D eigenvalue weighted by atomic mass is 16.3. The van der Waals surface area contributed by atoms with Crippen molar-refractivity contribution in [3.05, 3.63) is 18.0 Å². The zero-order chi connectivity index (χ0) is 13.8. The zero-order valence-corrected chi connectivity index (χ0v) is 12.5. The van der Waals surface area contributed by atoms with Crippen molar-refractivity contribution in [2.24, 2.45) is 5.92 Å². The standard InChI is InChI=1S/C15H28N2O/c1-6-12(4)15(5,18)11-13-9-10-17(16-13)14(7-2)8-3/h9-10,12,14,18H,6-8,11H2,1-5H3. The van der Waals surface area contributed by atoms with Crippen LogP contribution in [0.2, 0.25) is 0 Å². The van der Waals surface area contributed by atoms with Crippen LogP contribution in [0.25, 0.3) is 0 Å². The summed E-state index contributed by atoms with van der Waals surface area (Å²) in [6.07, 6.45) is 5.86. The maximum absolute atomic E-state index is 10.4. The lowest BCUT2D eigenvalue weighted by Gasteiger charge is -2.28. The molecule has 0 spiro atoms. The molecule has 0 bridgehead atoms. The lowest BCUT2D eigenvalue weighted by Crippen LogP contribution is -2.35. The largest absolute Gasteiger partial charge is 0.389 e. The fraction of sp³-hybridized carbons (Fsp3) is 0.800. The van der Waals surface area contributed by atoms with Crippen LogP contribution in [0.4, 0.5) is 0 Å². The van der Waals surface area contributed by atoms with Crippen molar-refractivity contribution in [2.75, 3.05) is 0 Å². The number of rotatable bonds is 7. The first-order chi connectivity index (χ1) is 8.44. The Kier molecular flexibility index (Phi) is 5.39. The van der Waals surface area contributed by atoms with Crippen LogP contribution in [0.3, 0.4) is 0 Å². The summed E-state index contributed by atoms with van der Waals surface area (Å²) in [6, 6.07) is 2.52. The molecule has 0 amide bonds. The van der Waals surface area contributed by atoms with Crippen LogP contribution < -0.4 is 0 Å². The lowest BCUT2D eigenvalue weighted by atomic mass is 9.85. The Labute approximate surface area is 111 Å². The third kappa shape index (κ3) is 3.58. The predicted molar refractivity (Wildman–Crippen MR) is 75.6 cm³/mol. The average Bonchev–Trinajstić information content (AvgIpc) is 2.77. The minimum absolute atomic E-state index is 0.288. The number of nitrogens with zero attached hydrogens (tertiary/aromatic N) is 2. The molecule has 0 aliphatic rings. The Bertz CT molecular complexity index is 353. The smallest absolute Gasteiger partial charge is 0.0700 e. The summed E-state index contributed by atoms with van der Waals surface area (Å²) in [4.78, 5) is 0. The Morgan fingerprint density at radius 2 is 1.89 bits per heavy atom. The van der Waals surface area contributed by atoms with Gasteiger partial charge in [0.05, 0.1) is 17.3 Å². The molecule has 1 aromatic rings. The molecular formula is C15H28N2O. The van der Waals surface area contributed by atoms with Crippen LogP contribution in [-0.4, -0.2) is 20.5 Å². The van der Waals surface area contributed by atoms with Gasteiger partial charge in [0.1, 0.15) is 0 Å². The van der Waals surface area contributed by atoms with E-state index in [0.717, 1.165) is 25.0 Å². The van der Waals surface area contributed by atoms with Gasteiger partial charge in [-0.05, 0) is 31.7 Å². The summed E-state index contributed by atoms with van der Waals surface area (Å²) in [5, 5.41) is 15.1. The Hall–Kier alpha value is -0.830. The summed E-state index contributed by atoms with van der Waals surface area (Å²) < 4.78 is 2.04. The van der Waals surface area contributed by atoms with E-state index in [4.69, 9.17) is 0 Å². The van der Waals surface area contributed by atoms with Gasteiger partial charge in [-0.25, -0.2) is 0 Å². The molecule has 3 heteroatoms. The van der Waals surface area contributed by atoms with Crippen molar-refractivity contribution in [2.45, 2.75) is 71.9 Å². The normalized spacial score (nSPS) is 16.8. The summed E-state index contributed by atoms with van der Waals surface area (Å²) in [5.41, 5.74) is 0.328. The van der Waals surface area contributed by atoms with Gasteiger partial charge < -0.3 is 5.11 Å². The molecule has 1 N–H and O–H groups in total. The van der Waals surface area contributed by atoms with Crippen LogP contribution in [0, 0.1) is 5.92 Å². The molecule has 104 valence electrons. The lowest BCUT2D eigenvalue weighted by molar-refractivity contribution is 0.00417. The van der Waals surface area contributed by atoms with E-state index in [-0.39, 0.29) is 5.92 Å². The van der Waals surface area contributed by atoms with Gasteiger partial charge in [-0.3, -0.25) is 4.68 Å². The second kappa shape index (κ2) is 6.37. The minimum atomic E-state index is -0.665. The van der Waals surface area contributed by atoms with Crippen molar-refractivity contribution in [1.29, 1.82) is 0 Å². The van der Waals surface area contributed by atoms with Gasteiger partial charge in [-0.2, -0.15) is 5.10 Å². The second-order valence-corrected chi connectivity index (χ2v) is 5.60. The van der Waals surface area contributed by atoms with E-state index in [1.165, 1.54) is 0 Å². The Morgan fingerprint density at radius 1 is 1.28 bits per heavy atom. The van der Waals surface area contributed by atoms with Crippen molar-refractivity contribution in [3.63, 3.8) is 0 Å². The monoisotopic (exact) mass is 252 g/mol. The van der Waals surface area contributed by atoms with E-state index in [0.29, 0.717) is 12.5 Å². The third-order valence-corrected chi connectivity index (χ3v) is 4.19. The van der Waals surface area contributed by atoms with Gasteiger partial charge in [0.25, 0.3) is 0 Å². The molecule has 0 radical (unpaired) electrons. The maximum Gasteiger partial charge on any atom is 0.0700 e. The van der Waals surface area contributed by atoms with Crippen molar-refractivity contribution >= 4 is 0 Å². The van der Waals surface area contributed by atoms with Gasteiger partial charge >= 0.3 is 0 Å². The van der Waals surface area contributed by atoms with E-state index < -0.39 is 5.60 Å². The van der Waals surface area contributed by atoms with Gasteiger partial charge in [-0.1, -0.05) is 34.1 Å². The van der Waals surface area contributed by atoms with Crippen LogP contribution in [0.1, 0.15) is 65.6 Å². The van der Waals surface area contributed by atoms with Crippen molar-refractivity contribution < 1.29 is 5.11 Å². The third-order valence-electron chi connectivity index (χ3n) is 4.19.